The smallest absolute Gasteiger partial charge is 0.0501 e. The number of hydrogen-bond acceptors (Lipinski definition) is 1. The van der Waals surface area contributed by atoms with Gasteiger partial charge in [0.2, 0.25) is 0 Å². The molecule has 0 aliphatic heterocycles. The molecule has 0 spiro atoms. The summed E-state index contributed by atoms with van der Waals surface area (Å²) in [7, 11) is 0. The van der Waals surface area contributed by atoms with Crippen molar-refractivity contribution in [3.05, 3.63) is 27.7 Å². The van der Waals surface area contributed by atoms with Crippen molar-refractivity contribution in [2.75, 3.05) is 5.32 Å². The first kappa shape index (κ1) is 13.2. The largest absolute Gasteiger partial charge is 0.381 e. The molecule has 2 unspecified atom stereocenters. The summed E-state index contributed by atoms with van der Waals surface area (Å²) in [4.78, 5) is 0. The van der Waals surface area contributed by atoms with Crippen molar-refractivity contribution in [1.29, 1.82) is 0 Å². The van der Waals surface area contributed by atoms with Crippen LogP contribution in [0.4, 0.5) is 5.69 Å². The number of hydrogen-bond donors (Lipinski definition) is 1. The van der Waals surface area contributed by atoms with Gasteiger partial charge in [-0.2, -0.15) is 0 Å². The first-order valence-corrected chi connectivity index (χ1v) is 7.43. The molecule has 2 atom stereocenters. The molecule has 1 aromatic carbocycles. The Morgan fingerprint density at radius 1 is 1.18 bits per heavy atom. The molecule has 1 aliphatic carbocycles. The lowest BCUT2D eigenvalue weighted by molar-refractivity contribution is 0.281. The van der Waals surface area contributed by atoms with Gasteiger partial charge in [-0.25, -0.2) is 0 Å². The predicted molar refractivity (Wildman–Crippen MR) is 78.7 cm³/mol. The second-order valence-electron chi connectivity index (χ2n) is 5.38. The summed E-state index contributed by atoms with van der Waals surface area (Å²) >= 11 is 9.60. The van der Waals surface area contributed by atoms with E-state index < -0.39 is 0 Å². The maximum absolute atomic E-state index is 6.03. The Bertz CT molecular complexity index is 384. The van der Waals surface area contributed by atoms with E-state index in [1.54, 1.807) is 0 Å². The third kappa shape index (κ3) is 3.62. The average Bonchev–Trinajstić information content (AvgIpc) is 2.22. The number of nitrogens with one attached hydrogen (secondary N) is 1. The zero-order chi connectivity index (χ0) is 12.4. The van der Waals surface area contributed by atoms with Gasteiger partial charge in [-0.05, 0) is 65.2 Å². The molecular formula is C14H19BrClN. The van der Waals surface area contributed by atoms with E-state index >= 15 is 0 Å². The van der Waals surface area contributed by atoms with E-state index in [9.17, 15) is 0 Å². The van der Waals surface area contributed by atoms with E-state index in [1.165, 1.54) is 19.3 Å². The third-order valence-corrected chi connectivity index (χ3v) is 4.39. The lowest BCUT2D eigenvalue weighted by Crippen LogP contribution is -2.30. The van der Waals surface area contributed by atoms with E-state index in [0.717, 1.165) is 27.0 Å². The van der Waals surface area contributed by atoms with Gasteiger partial charge >= 0.3 is 0 Å². The molecule has 3 heteroatoms. The summed E-state index contributed by atoms with van der Waals surface area (Å²) in [6.45, 7) is 4.69. The maximum atomic E-state index is 6.03. The van der Waals surface area contributed by atoms with Crippen LogP contribution in [0, 0.1) is 11.8 Å². The molecule has 0 heterocycles. The van der Waals surface area contributed by atoms with Gasteiger partial charge in [-0.15, -0.1) is 0 Å². The van der Waals surface area contributed by atoms with Crippen molar-refractivity contribution in [2.45, 2.75) is 39.2 Å². The van der Waals surface area contributed by atoms with Crippen molar-refractivity contribution in [3.8, 4) is 0 Å². The highest BCUT2D eigenvalue weighted by Gasteiger charge is 2.24. The first-order chi connectivity index (χ1) is 8.04. The Morgan fingerprint density at radius 3 is 2.47 bits per heavy atom. The molecule has 1 saturated carbocycles. The molecule has 0 saturated heterocycles. The van der Waals surface area contributed by atoms with E-state index in [4.69, 9.17) is 11.6 Å². The van der Waals surface area contributed by atoms with Gasteiger partial charge < -0.3 is 5.32 Å². The van der Waals surface area contributed by atoms with Crippen LogP contribution in [-0.2, 0) is 0 Å². The summed E-state index contributed by atoms with van der Waals surface area (Å²) in [6, 6.07) is 6.47. The molecule has 94 valence electrons. The van der Waals surface area contributed by atoms with Crippen LogP contribution < -0.4 is 5.32 Å². The number of anilines is 1. The van der Waals surface area contributed by atoms with Crippen molar-refractivity contribution in [2.24, 2.45) is 11.8 Å². The van der Waals surface area contributed by atoms with E-state index in [-0.39, 0.29) is 0 Å². The highest BCUT2D eigenvalue weighted by Crippen LogP contribution is 2.33. The molecule has 17 heavy (non-hydrogen) atoms. The van der Waals surface area contributed by atoms with Gasteiger partial charge in [0.25, 0.3) is 0 Å². The topological polar surface area (TPSA) is 12.0 Å². The Hall–Kier alpha value is -0.210. The van der Waals surface area contributed by atoms with E-state index in [0.29, 0.717) is 6.04 Å². The Morgan fingerprint density at radius 2 is 1.82 bits per heavy atom. The zero-order valence-electron chi connectivity index (χ0n) is 10.3. The van der Waals surface area contributed by atoms with Crippen LogP contribution >= 0.6 is 27.5 Å². The number of halogens is 2. The molecule has 0 radical (unpaired) electrons. The third-order valence-electron chi connectivity index (χ3n) is 3.47. The van der Waals surface area contributed by atoms with Gasteiger partial charge in [-0.3, -0.25) is 0 Å². The van der Waals surface area contributed by atoms with Crippen molar-refractivity contribution in [1.82, 2.24) is 0 Å². The Labute approximate surface area is 117 Å². The van der Waals surface area contributed by atoms with Crippen molar-refractivity contribution in [3.63, 3.8) is 0 Å². The minimum absolute atomic E-state index is 0.573. The second kappa shape index (κ2) is 5.62. The standard InChI is InChI=1S/C14H19BrClN/c1-9-5-10(2)7-12(6-9)17-14-8-11(16)3-4-13(14)15/h3-4,8-10,12,17H,5-7H2,1-2H3. The minimum atomic E-state index is 0.573. The molecule has 2 rings (SSSR count). The predicted octanol–water partition coefficient (Wildman–Crippen LogP) is 5.34. The molecule has 0 amide bonds. The van der Waals surface area contributed by atoms with E-state index in [2.05, 4.69) is 35.1 Å². The lowest BCUT2D eigenvalue weighted by atomic mass is 9.80. The quantitative estimate of drug-likeness (QED) is 0.776. The van der Waals surface area contributed by atoms with Gasteiger partial charge in [0.15, 0.2) is 0 Å². The molecular weight excluding hydrogens is 298 g/mol. The highest BCUT2D eigenvalue weighted by molar-refractivity contribution is 9.10. The monoisotopic (exact) mass is 315 g/mol. The minimum Gasteiger partial charge on any atom is -0.381 e. The normalized spacial score (nSPS) is 29.1. The fourth-order valence-corrected chi connectivity index (χ4v) is 3.43. The Kier molecular flexibility index (Phi) is 4.37. The molecule has 1 aromatic rings. The summed E-state index contributed by atoms with van der Waals surface area (Å²) < 4.78 is 1.09. The van der Waals surface area contributed by atoms with Crippen LogP contribution in [-0.4, -0.2) is 6.04 Å². The summed E-state index contributed by atoms with van der Waals surface area (Å²) in [5, 5.41) is 4.40. The molecule has 0 bridgehead atoms. The van der Waals surface area contributed by atoms with Crippen LogP contribution in [0.15, 0.2) is 22.7 Å². The summed E-state index contributed by atoms with van der Waals surface area (Å²) in [5.41, 5.74) is 1.11. The molecule has 1 fully saturated rings. The molecule has 1 N–H and O–H groups in total. The van der Waals surface area contributed by atoms with Gasteiger partial charge in [-0.1, -0.05) is 25.4 Å². The lowest BCUT2D eigenvalue weighted by Gasteiger charge is -2.32. The fourth-order valence-electron chi connectivity index (χ4n) is 2.89. The van der Waals surface area contributed by atoms with Crippen LogP contribution in [0.25, 0.3) is 0 Å². The molecule has 1 nitrogen and oxygen atoms in total. The second-order valence-corrected chi connectivity index (χ2v) is 6.67. The van der Waals surface area contributed by atoms with Gasteiger partial charge in [0.1, 0.15) is 0 Å². The van der Waals surface area contributed by atoms with Gasteiger partial charge in [0, 0.05) is 15.5 Å². The van der Waals surface area contributed by atoms with Crippen LogP contribution in [0.3, 0.4) is 0 Å². The van der Waals surface area contributed by atoms with Crippen LogP contribution in [0.2, 0.25) is 5.02 Å². The van der Waals surface area contributed by atoms with Crippen LogP contribution in [0.5, 0.6) is 0 Å². The van der Waals surface area contributed by atoms with Gasteiger partial charge in [0.05, 0.1) is 5.69 Å². The van der Waals surface area contributed by atoms with Crippen LogP contribution in [0.1, 0.15) is 33.1 Å². The molecule has 1 aliphatic rings. The fraction of sp³-hybridized carbons (Fsp3) is 0.571. The highest BCUT2D eigenvalue weighted by atomic mass is 79.9. The van der Waals surface area contributed by atoms with Crippen molar-refractivity contribution < 1.29 is 0 Å². The number of rotatable bonds is 2. The van der Waals surface area contributed by atoms with Crippen molar-refractivity contribution >= 4 is 33.2 Å². The summed E-state index contributed by atoms with van der Waals surface area (Å²) in [5.74, 6) is 1.63. The Balaban J connectivity index is 2.07. The zero-order valence-corrected chi connectivity index (χ0v) is 12.7. The SMILES string of the molecule is CC1CC(C)CC(Nc2cc(Cl)ccc2Br)C1. The summed E-state index contributed by atoms with van der Waals surface area (Å²) in [6.07, 6.45) is 3.86. The maximum Gasteiger partial charge on any atom is 0.0501 e. The number of benzene rings is 1. The average molecular weight is 317 g/mol. The first-order valence-electron chi connectivity index (χ1n) is 6.26. The van der Waals surface area contributed by atoms with E-state index in [1.807, 2.05) is 18.2 Å². The molecule has 0 aromatic heterocycles.